The molecule has 0 saturated carbocycles. The number of ether oxygens (including phenoxy) is 2. The molecule has 5 rings (SSSR count). The molecule has 3 aliphatic rings. The molecule has 2 aromatic rings. The molecule has 7 nitrogen and oxygen atoms in total. The van der Waals surface area contributed by atoms with E-state index in [9.17, 15) is 9.59 Å². The second-order valence-corrected chi connectivity index (χ2v) is 7.34. The molecule has 7 heteroatoms. The smallest absolute Gasteiger partial charge is 0.325 e. The first kappa shape index (κ1) is 16.9. The quantitative estimate of drug-likeness (QED) is 0.823. The molecule has 1 fully saturated rings. The Morgan fingerprint density at radius 2 is 1.93 bits per heavy atom. The minimum Gasteiger partial charge on any atom is -0.454 e. The lowest BCUT2D eigenvalue weighted by Crippen LogP contribution is -2.44. The molecule has 3 amide bonds. The normalized spacial score (nSPS) is 20.1. The van der Waals surface area contributed by atoms with Crippen LogP contribution >= 0.6 is 0 Å². The highest BCUT2D eigenvalue weighted by Crippen LogP contribution is 2.36. The Morgan fingerprint density at radius 3 is 2.82 bits per heavy atom. The van der Waals surface area contributed by atoms with E-state index >= 15 is 0 Å². The first-order valence-corrected chi connectivity index (χ1v) is 9.48. The molecule has 28 heavy (non-hydrogen) atoms. The number of nitrogens with zero attached hydrogens (tertiary/aromatic N) is 3. The number of urea groups is 1. The van der Waals surface area contributed by atoms with E-state index in [-0.39, 0.29) is 31.3 Å². The minimum absolute atomic E-state index is 0.0432. The Hall–Kier alpha value is -3.22. The van der Waals surface area contributed by atoms with Crippen molar-refractivity contribution in [1.29, 1.82) is 0 Å². The molecule has 2 aromatic carbocycles. The lowest BCUT2D eigenvalue weighted by atomic mass is 10.1. The van der Waals surface area contributed by atoms with Crippen LogP contribution in [0.4, 0.5) is 16.2 Å². The number of benzene rings is 2. The van der Waals surface area contributed by atoms with Gasteiger partial charge >= 0.3 is 6.03 Å². The third kappa shape index (κ3) is 2.66. The van der Waals surface area contributed by atoms with E-state index in [1.165, 1.54) is 5.56 Å². The summed E-state index contributed by atoms with van der Waals surface area (Å²) in [4.78, 5) is 31.0. The van der Waals surface area contributed by atoms with Crippen LogP contribution in [0.15, 0.2) is 42.5 Å². The number of hydrogen-bond donors (Lipinski definition) is 0. The number of carbonyl (C=O) groups is 2. The standard InChI is InChI=1S/C21H21N3O4/c1-14-10-15-4-2-3-5-17(15)24(14)20(25)12-22-8-9-23(21(22)26)16-6-7-18-19(11-16)28-13-27-18/h2-7,11,14H,8-10,12-13H2,1H3. The fraction of sp³-hybridized carbons (Fsp3) is 0.333. The molecule has 0 aromatic heterocycles. The summed E-state index contributed by atoms with van der Waals surface area (Å²) in [5, 5.41) is 0. The van der Waals surface area contributed by atoms with E-state index < -0.39 is 0 Å². The molecule has 1 atom stereocenters. The summed E-state index contributed by atoms with van der Waals surface area (Å²) in [7, 11) is 0. The highest BCUT2D eigenvalue weighted by Gasteiger charge is 2.36. The average Bonchev–Trinajstić information content (AvgIpc) is 3.38. The van der Waals surface area contributed by atoms with Crippen molar-refractivity contribution in [3.8, 4) is 11.5 Å². The van der Waals surface area contributed by atoms with Gasteiger partial charge in [0.25, 0.3) is 0 Å². The minimum atomic E-state index is -0.160. The summed E-state index contributed by atoms with van der Waals surface area (Å²) in [5.41, 5.74) is 2.89. The van der Waals surface area contributed by atoms with Crippen LogP contribution in [0, 0.1) is 0 Å². The van der Waals surface area contributed by atoms with E-state index in [1.54, 1.807) is 9.80 Å². The van der Waals surface area contributed by atoms with E-state index in [0.717, 1.165) is 17.8 Å². The number of amides is 3. The summed E-state index contributed by atoms with van der Waals surface area (Å²) >= 11 is 0. The van der Waals surface area contributed by atoms with Crippen LogP contribution in [0.3, 0.4) is 0 Å². The number of para-hydroxylation sites is 1. The van der Waals surface area contributed by atoms with Gasteiger partial charge in [-0.2, -0.15) is 0 Å². The van der Waals surface area contributed by atoms with Gasteiger partial charge in [0.2, 0.25) is 12.7 Å². The summed E-state index contributed by atoms with van der Waals surface area (Å²) in [6.07, 6.45) is 0.846. The molecule has 144 valence electrons. The van der Waals surface area contributed by atoms with Crippen molar-refractivity contribution in [2.24, 2.45) is 0 Å². The van der Waals surface area contributed by atoms with Gasteiger partial charge in [-0.05, 0) is 37.1 Å². The number of anilines is 2. The second-order valence-electron chi connectivity index (χ2n) is 7.34. The average molecular weight is 379 g/mol. The highest BCUT2D eigenvalue weighted by atomic mass is 16.7. The largest absolute Gasteiger partial charge is 0.454 e. The Balaban J connectivity index is 1.31. The van der Waals surface area contributed by atoms with Crippen molar-refractivity contribution in [1.82, 2.24) is 4.90 Å². The Morgan fingerprint density at radius 1 is 1.11 bits per heavy atom. The van der Waals surface area contributed by atoms with Gasteiger partial charge in [0.05, 0.1) is 0 Å². The number of hydrogen-bond acceptors (Lipinski definition) is 4. The predicted molar refractivity (Wildman–Crippen MR) is 104 cm³/mol. The molecule has 0 aliphatic carbocycles. The first-order valence-electron chi connectivity index (χ1n) is 9.48. The van der Waals surface area contributed by atoms with Crippen molar-refractivity contribution < 1.29 is 19.1 Å². The Labute approximate surface area is 163 Å². The molecule has 3 aliphatic heterocycles. The predicted octanol–water partition coefficient (Wildman–Crippen LogP) is 2.64. The van der Waals surface area contributed by atoms with Crippen molar-refractivity contribution in [3.05, 3.63) is 48.0 Å². The SMILES string of the molecule is CC1Cc2ccccc2N1C(=O)CN1CCN(c2ccc3c(c2)OCO3)C1=O. The van der Waals surface area contributed by atoms with Crippen LogP contribution in [0.1, 0.15) is 12.5 Å². The number of fused-ring (bicyclic) bond motifs is 2. The molecule has 1 saturated heterocycles. The topological polar surface area (TPSA) is 62.3 Å². The van der Waals surface area contributed by atoms with Gasteiger partial charge < -0.3 is 19.3 Å². The van der Waals surface area contributed by atoms with Crippen LogP contribution < -0.4 is 19.3 Å². The van der Waals surface area contributed by atoms with E-state index in [1.807, 2.05) is 48.2 Å². The first-order chi connectivity index (χ1) is 13.6. The van der Waals surface area contributed by atoms with Gasteiger partial charge in [-0.15, -0.1) is 0 Å². The molecule has 0 radical (unpaired) electrons. The van der Waals surface area contributed by atoms with Gasteiger partial charge in [0.15, 0.2) is 11.5 Å². The zero-order valence-corrected chi connectivity index (χ0v) is 15.6. The zero-order valence-electron chi connectivity index (χ0n) is 15.6. The molecular weight excluding hydrogens is 358 g/mol. The highest BCUT2D eigenvalue weighted by molar-refractivity contribution is 6.01. The number of carbonyl (C=O) groups excluding carboxylic acids is 2. The fourth-order valence-electron chi connectivity index (χ4n) is 4.21. The molecule has 0 bridgehead atoms. The molecule has 3 heterocycles. The maximum Gasteiger partial charge on any atom is 0.325 e. The summed E-state index contributed by atoms with van der Waals surface area (Å²) in [6.45, 7) is 3.38. The van der Waals surface area contributed by atoms with Crippen molar-refractivity contribution in [2.45, 2.75) is 19.4 Å². The number of rotatable bonds is 3. The van der Waals surface area contributed by atoms with Crippen molar-refractivity contribution in [2.75, 3.05) is 36.2 Å². The Kier molecular flexibility index (Phi) is 3.89. The Bertz CT molecular complexity index is 960. The monoisotopic (exact) mass is 379 g/mol. The third-order valence-corrected chi connectivity index (χ3v) is 5.56. The molecule has 0 N–H and O–H groups in total. The van der Waals surface area contributed by atoms with Gasteiger partial charge in [0.1, 0.15) is 6.54 Å². The maximum absolute atomic E-state index is 13.0. The summed E-state index contributed by atoms with van der Waals surface area (Å²) in [5.74, 6) is 1.28. The van der Waals surface area contributed by atoms with Crippen LogP contribution in [-0.4, -0.2) is 49.3 Å². The zero-order chi connectivity index (χ0) is 19.3. The van der Waals surface area contributed by atoms with E-state index in [4.69, 9.17) is 9.47 Å². The van der Waals surface area contributed by atoms with Gasteiger partial charge in [-0.1, -0.05) is 18.2 Å². The molecule has 1 unspecified atom stereocenters. The molecule has 0 spiro atoms. The van der Waals surface area contributed by atoms with E-state index in [2.05, 4.69) is 6.07 Å². The van der Waals surface area contributed by atoms with E-state index in [0.29, 0.717) is 24.6 Å². The lowest BCUT2D eigenvalue weighted by molar-refractivity contribution is -0.119. The fourth-order valence-corrected chi connectivity index (χ4v) is 4.21. The van der Waals surface area contributed by atoms with Gasteiger partial charge in [-0.3, -0.25) is 9.69 Å². The molecular formula is C21H21N3O4. The van der Waals surface area contributed by atoms with Crippen molar-refractivity contribution in [3.63, 3.8) is 0 Å². The maximum atomic E-state index is 13.0. The van der Waals surface area contributed by atoms with Gasteiger partial charge in [0, 0.05) is 36.6 Å². The van der Waals surface area contributed by atoms with Crippen LogP contribution in [0.2, 0.25) is 0 Å². The summed E-state index contributed by atoms with van der Waals surface area (Å²) < 4.78 is 10.7. The van der Waals surface area contributed by atoms with Crippen LogP contribution in [0.25, 0.3) is 0 Å². The lowest BCUT2D eigenvalue weighted by Gasteiger charge is -2.25. The third-order valence-electron chi connectivity index (χ3n) is 5.56. The van der Waals surface area contributed by atoms with Crippen LogP contribution in [0.5, 0.6) is 11.5 Å². The second kappa shape index (κ2) is 6.44. The summed E-state index contributed by atoms with van der Waals surface area (Å²) in [6, 6.07) is 13.4. The van der Waals surface area contributed by atoms with Gasteiger partial charge in [-0.25, -0.2) is 4.79 Å². The van der Waals surface area contributed by atoms with Crippen molar-refractivity contribution >= 4 is 23.3 Å². The van der Waals surface area contributed by atoms with Crippen LogP contribution in [-0.2, 0) is 11.2 Å².